The molecule has 0 atom stereocenters. The number of alkyl halides is 3. The van der Waals surface area contributed by atoms with Crippen molar-refractivity contribution in [2.75, 3.05) is 19.7 Å². The third kappa shape index (κ3) is 4.85. The number of carbonyl (C=O) groups excluding carboxylic acids is 1. The van der Waals surface area contributed by atoms with Gasteiger partial charge in [-0.2, -0.15) is 13.2 Å². The van der Waals surface area contributed by atoms with E-state index < -0.39 is 31.8 Å². The summed E-state index contributed by atoms with van der Waals surface area (Å²) in [7, 11) is 0. The van der Waals surface area contributed by atoms with Gasteiger partial charge in [0.15, 0.2) is 0 Å². The van der Waals surface area contributed by atoms with E-state index in [0.29, 0.717) is 4.90 Å². The molecule has 0 saturated heterocycles. The highest BCUT2D eigenvalue weighted by Gasteiger charge is 2.33. The lowest BCUT2D eigenvalue weighted by Gasteiger charge is -2.23. The Morgan fingerprint density at radius 2 is 2.05 bits per heavy atom. The number of hydrogen-bond acceptors (Lipinski definition) is 3. The molecule has 0 unspecified atom stereocenters. The van der Waals surface area contributed by atoms with E-state index >= 15 is 0 Å². The van der Waals surface area contributed by atoms with Crippen molar-refractivity contribution in [1.29, 1.82) is 0 Å². The van der Waals surface area contributed by atoms with Gasteiger partial charge >= 0.3 is 6.18 Å². The molecule has 0 aliphatic heterocycles. The van der Waals surface area contributed by atoms with Crippen molar-refractivity contribution in [2.45, 2.75) is 6.18 Å². The highest BCUT2D eigenvalue weighted by Crippen LogP contribution is 2.22. The van der Waals surface area contributed by atoms with Gasteiger partial charge in [-0.05, 0) is 6.07 Å². The largest absolute Gasteiger partial charge is 0.406 e. The Morgan fingerprint density at radius 3 is 2.53 bits per heavy atom. The third-order valence-corrected chi connectivity index (χ3v) is 2.76. The molecule has 0 aromatic carbocycles. The van der Waals surface area contributed by atoms with Crippen molar-refractivity contribution in [3.63, 3.8) is 0 Å². The van der Waals surface area contributed by atoms with E-state index in [2.05, 4.69) is 4.98 Å². The molecule has 0 aliphatic rings. The molecule has 0 bridgehead atoms. The summed E-state index contributed by atoms with van der Waals surface area (Å²) in [6.07, 6.45) is -3.54. The average Bonchev–Trinajstić information content (AvgIpc) is 2.29. The van der Waals surface area contributed by atoms with Crippen LogP contribution in [0.25, 0.3) is 0 Å². The maximum atomic E-state index is 12.3. The number of aromatic nitrogens is 1. The molecule has 0 spiro atoms. The van der Waals surface area contributed by atoms with Crippen LogP contribution >= 0.6 is 23.2 Å². The fourth-order valence-electron chi connectivity index (χ4n) is 1.31. The molecule has 1 N–H and O–H groups in total. The van der Waals surface area contributed by atoms with Crippen LogP contribution in [0.5, 0.6) is 0 Å². The minimum atomic E-state index is -4.56. The molecular formula is C10H9Cl2F3N2O2. The van der Waals surface area contributed by atoms with Crippen LogP contribution in [-0.2, 0) is 0 Å². The Bertz CT molecular complexity index is 469. The normalized spacial score (nSPS) is 11.5. The van der Waals surface area contributed by atoms with Crippen molar-refractivity contribution in [3.05, 3.63) is 28.0 Å². The lowest BCUT2D eigenvalue weighted by molar-refractivity contribution is -0.141. The number of aliphatic hydroxyl groups is 1. The Hall–Kier alpha value is -1.05. The highest BCUT2D eigenvalue weighted by atomic mass is 35.5. The van der Waals surface area contributed by atoms with E-state index in [4.69, 9.17) is 28.3 Å². The third-order valence-electron chi connectivity index (χ3n) is 2.07. The Kier molecular flexibility index (Phi) is 5.39. The van der Waals surface area contributed by atoms with E-state index in [1.807, 2.05) is 0 Å². The van der Waals surface area contributed by atoms with Gasteiger partial charge in [0.1, 0.15) is 11.7 Å². The number of halogens is 5. The van der Waals surface area contributed by atoms with Gasteiger partial charge in [-0.15, -0.1) is 0 Å². The second-order valence-corrected chi connectivity index (χ2v) is 4.33. The average molecular weight is 317 g/mol. The molecule has 1 amide bonds. The number of carbonyl (C=O) groups is 1. The van der Waals surface area contributed by atoms with E-state index in [1.165, 1.54) is 0 Å². The van der Waals surface area contributed by atoms with E-state index in [-0.39, 0.29) is 15.7 Å². The Labute approximate surface area is 116 Å². The molecular weight excluding hydrogens is 308 g/mol. The molecule has 1 aromatic heterocycles. The van der Waals surface area contributed by atoms with Gasteiger partial charge in [0.05, 0.1) is 17.2 Å². The molecule has 0 radical (unpaired) electrons. The summed E-state index contributed by atoms with van der Waals surface area (Å²) in [5.74, 6) is -0.933. The minimum Gasteiger partial charge on any atom is -0.395 e. The molecule has 1 aromatic rings. The van der Waals surface area contributed by atoms with Crippen molar-refractivity contribution in [1.82, 2.24) is 9.88 Å². The Balaban J connectivity index is 2.95. The predicted molar refractivity (Wildman–Crippen MR) is 63.3 cm³/mol. The number of amides is 1. The number of aliphatic hydroxyl groups excluding tert-OH is 1. The van der Waals surface area contributed by atoms with Gasteiger partial charge in [0.25, 0.3) is 5.91 Å². The number of pyridine rings is 1. The van der Waals surface area contributed by atoms with Gasteiger partial charge in [0, 0.05) is 12.7 Å². The lowest BCUT2D eigenvalue weighted by Crippen LogP contribution is -2.40. The number of rotatable bonds is 4. The molecule has 106 valence electrons. The zero-order chi connectivity index (χ0) is 14.6. The van der Waals surface area contributed by atoms with Gasteiger partial charge in [-0.3, -0.25) is 4.79 Å². The number of nitrogens with zero attached hydrogens (tertiary/aromatic N) is 2. The van der Waals surface area contributed by atoms with Gasteiger partial charge in [-0.25, -0.2) is 4.98 Å². The summed E-state index contributed by atoms with van der Waals surface area (Å²) in [4.78, 5) is 15.9. The molecule has 1 rings (SSSR count). The van der Waals surface area contributed by atoms with Crippen LogP contribution in [0, 0.1) is 0 Å². The van der Waals surface area contributed by atoms with Crippen LogP contribution in [0.4, 0.5) is 13.2 Å². The van der Waals surface area contributed by atoms with Crippen molar-refractivity contribution in [3.8, 4) is 0 Å². The first-order chi connectivity index (χ1) is 8.74. The summed E-state index contributed by atoms with van der Waals surface area (Å²) in [6, 6.07) is 1.12. The summed E-state index contributed by atoms with van der Waals surface area (Å²) >= 11 is 11.2. The summed E-state index contributed by atoms with van der Waals surface area (Å²) in [6.45, 7) is -2.50. The van der Waals surface area contributed by atoms with Gasteiger partial charge in [0.2, 0.25) is 0 Å². The van der Waals surface area contributed by atoms with Crippen molar-refractivity contribution < 1.29 is 23.1 Å². The fourth-order valence-corrected chi connectivity index (χ4v) is 1.58. The van der Waals surface area contributed by atoms with Crippen LogP contribution in [0.15, 0.2) is 12.3 Å². The molecule has 0 saturated carbocycles. The standard InChI is InChI=1S/C10H9Cl2F3N2O2/c11-7-3-6(4-16-8(7)12)9(19)17(1-2-18)5-10(13,14)15/h3-4,18H,1-2,5H2. The Morgan fingerprint density at radius 1 is 1.42 bits per heavy atom. The maximum Gasteiger partial charge on any atom is 0.406 e. The predicted octanol–water partition coefficient (Wildman–Crippen LogP) is 2.39. The van der Waals surface area contributed by atoms with Crippen LogP contribution in [0.1, 0.15) is 10.4 Å². The highest BCUT2D eigenvalue weighted by molar-refractivity contribution is 6.41. The van der Waals surface area contributed by atoms with E-state index in [9.17, 15) is 18.0 Å². The molecule has 1 heterocycles. The van der Waals surface area contributed by atoms with Crippen LogP contribution < -0.4 is 0 Å². The van der Waals surface area contributed by atoms with Crippen LogP contribution in [0.3, 0.4) is 0 Å². The molecule has 4 nitrogen and oxygen atoms in total. The molecule has 0 fully saturated rings. The SMILES string of the molecule is O=C(c1cnc(Cl)c(Cl)c1)N(CCO)CC(F)(F)F. The van der Waals surface area contributed by atoms with Crippen LogP contribution in [0.2, 0.25) is 10.2 Å². The monoisotopic (exact) mass is 316 g/mol. The van der Waals surface area contributed by atoms with Crippen molar-refractivity contribution >= 4 is 29.1 Å². The van der Waals surface area contributed by atoms with Crippen molar-refractivity contribution in [2.24, 2.45) is 0 Å². The van der Waals surface area contributed by atoms with Crippen LogP contribution in [-0.4, -0.2) is 46.8 Å². The number of hydrogen-bond donors (Lipinski definition) is 1. The lowest BCUT2D eigenvalue weighted by atomic mass is 10.2. The topological polar surface area (TPSA) is 53.4 Å². The van der Waals surface area contributed by atoms with Gasteiger partial charge < -0.3 is 10.0 Å². The summed E-state index contributed by atoms with van der Waals surface area (Å²) in [5, 5.41) is 8.61. The fraction of sp³-hybridized carbons (Fsp3) is 0.400. The van der Waals surface area contributed by atoms with E-state index in [0.717, 1.165) is 12.3 Å². The summed E-state index contributed by atoms with van der Waals surface area (Å²) < 4.78 is 36.9. The quantitative estimate of drug-likeness (QED) is 0.868. The second kappa shape index (κ2) is 6.40. The molecule has 9 heteroatoms. The first-order valence-corrected chi connectivity index (χ1v) is 5.78. The first-order valence-electron chi connectivity index (χ1n) is 5.02. The minimum absolute atomic E-state index is 0.0385. The zero-order valence-corrected chi connectivity index (χ0v) is 10.9. The smallest absolute Gasteiger partial charge is 0.395 e. The zero-order valence-electron chi connectivity index (χ0n) is 9.42. The second-order valence-electron chi connectivity index (χ2n) is 3.56. The maximum absolute atomic E-state index is 12.3. The molecule has 19 heavy (non-hydrogen) atoms. The first kappa shape index (κ1) is 16.0. The van der Waals surface area contributed by atoms with Gasteiger partial charge in [-0.1, -0.05) is 23.2 Å². The van der Waals surface area contributed by atoms with E-state index in [1.54, 1.807) is 0 Å². The molecule has 0 aliphatic carbocycles. The summed E-state index contributed by atoms with van der Waals surface area (Å²) in [5.41, 5.74) is -0.132.